The second kappa shape index (κ2) is 8.11. The number of likely N-dealkylation sites (tertiary alicyclic amines) is 1. The molecular weight excluding hydrogens is 338 g/mol. The van der Waals surface area contributed by atoms with Crippen molar-refractivity contribution in [2.45, 2.75) is 63.8 Å². The van der Waals surface area contributed by atoms with Crippen LogP contribution in [0.15, 0.2) is 30.5 Å². The average Bonchev–Trinajstić information content (AvgIpc) is 3.40. The van der Waals surface area contributed by atoms with Crippen LogP contribution >= 0.6 is 0 Å². The number of benzene rings is 1. The predicted molar refractivity (Wildman–Crippen MR) is 106 cm³/mol. The van der Waals surface area contributed by atoms with E-state index in [4.69, 9.17) is 0 Å². The number of nitrogens with zero attached hydrogens (tertiary/aromatic N) is 4. The number of aryl methyl sites for hydroxylation is 1. The van der Waals surface area contributed by atoms with E-state index in [9.17, 15) is 4.79 Å². The van der Waals surface area contributed by atoms with Gasteiger partial charge in [-0.2, -0.15) is 0 Å². The SMILES string of the molecule is CCc1ccccc1NC(=O)N1CCC(n2cc(C3CCCC3)nn2)CC1. The van der Waals surface area contributed by atoms with Crippen LogP contribution in [0, 0.1) is 0 Å². The quantitative estimate of drug-likeness (QED) is 0.873. The fourth-order valence-electron chi connectivity index (χ4n) is 4.36. The maximum absolute atomic E-state index is 12.6. The van der Waals surface area contributed by atoms with Crippen LogP contribution in [0.2, 0.25) is 0 Å². The van der Waals surface area contributed by atoms with Crippen molar-refractivity contribution >= 4 is 11.7 Å². The zero-order valence-corrected chi connectivity index (χ0v) is 16.1. The fourth-order valence-corrected chi connectivity index (χ4v) is 4.36. The van der Waals surface area contributed by atoms with E-state index in [2.05, 4.69) is 34.8 Å². The number of piperidine rings is 1. The number of carbonyl (C=O) groups is 1. The van der Waals surface area contributed by atoms with E-state index < -0.39 is 0 Å². The van der Waals surface area contributed by atoms with E-state index >= 15 is 0 Å². The van der Waals surface area contributed by atoms with Gasteiger partial charge in [-0.15, -0.1) is 5.10 Å². The van der Waals surface area contributed by atoms with Crippen LogP contribution < -0.4 is 5.32 Å². The normalized spacial score (nSPS) is 18.8. The predicted octanol–water partition coefficient (Wildman–Crippen LogP) is 4.37. The molecule has 144 valence electrons. The van der Waals surface area contributed by atoms with E-state index in [-0.39, 0.29) is 6.03 Å². The van der Waals surface area contributed by atoms with Crippen molar-refractivity contribution in [3.8, 4) is 0 Å². The largest absolute Gasteiger partial charge is 0.324 e. The Morgan fingerprint density at radius 2 is 1.89 bits per heavy atom. The Bertz CT molecular complexity index is 772. The highest BCUT2D eigenvalue weighted by molar-refractivity contribution is 5.90. The molecule has 1 aliphatic carbocycles. The summed E-state index contributed by atoms with van der Waals surface area (Å²) in [6, 6.07) is 8.36. The molecule has 0 atom stereocenters. The van der Waals surface area contributed by atoms with Crippen LogP contribution in [0.4, 0.5) is 10.5 Å². The van der Waals surface area contributed by atoms with Gasteiger partial charge < -0.3 is 10.2 Å². The van der Waals surface area contributed by atoms with Gasteiger partial charge in [-0.05, 0) is 43.7 Å². The number of hydrogen-bond donors (Lipinski definition) is 1. The molecule has 27 heavy (non-hydrogen) atoms. The molecular formula is C21H29N5O. The number of nitrogens with one attached hydrogen (secondary N) is 1. The van der Waals surface area contributed by atoms with Gasteiger partial charge in [0.1, 0.15) is 0 Å². The Morgan fingerprint density at radius 3 is 2.63 bits per heavy atom. The minimum absolute atomic E-state index is 0.000384. The molecule has 1 saturated carbocycles. The standard InChI is InChI=1S/C21H29N5O/c1-2-16-7-5-6-10-19(16)22-21(27)25-13-11-18(12-14-25)26-15-20(23-24-26)17-8-3-4-9-17/h5-7,10,15,17-18H,2-4,8-9,11-14H2,1H3,(H,22,27). The summed E-state index contributed by atoms with van der Waals surface area (Å²) in [6.07, 6.45) is 10.0. The molecule has 1 saturated heterocycles. The Morgan fingerprint density at radius 1 is 1.15 bits per heavy atom. The number of carbonyl (C=O) groups excluding carboxylic acids is 1. The summed E-state index contributed by atoms with van der Waals surface area (Å²) >= 11 is 0. The van der Waals surface area contributed by atoms with E-state index in [0.717, 1.165) is 43.7 Å². The van der Waals surface area contributed by atoms with Gasteiger partial charge in [-0.1, -0.05) is 43.2 Å². The van der Waals surface area contributed by atoms with Gasteiger partial charge in [-0.3, -0.25) is 0 Å². The molecule has 1 aromatic carbocycles. The highest BCUT2D eigenvalue weighted by Gasteiger charge is 2.26. The molecule has 2 fully saturated rings. The highest BCUT2D eigenvalue weighted by Crippen LogP contribution is 2.33. The average molecular weight is 367 g/mol. The summed E-state index contributed by atoms with van der Waals surface area (Å²) in [5.74, 6) is 0.600. The van der Waals surface area contributed by atoms with Gasteiger partial charge in [0.25, 0.3) is 0 Å². The zero-order valence-electron chi connectivity index (χ0n) is 16.1. The van der Waals surface area contributed by atoms with Crippen molar-refractivity contribution in [2.24, 2.45) is 0 Å². The minimum atomic E-state index is -0.000384. The Balaban J connectivity index is 1.32. The number of aromatic nitrogens is 3. The molecule has 1 aromatic heterocycles. The summed E-state index contributed by atoms with van der Waals surface area (Å²) in [5, 5.41) is 11.9. The van der Waals surface area contributed by atoms with E-state index in [1.807, 2.05) is 27.8 Å². The van der Waals surface area contributed by atoms with Crippen LogP contribution in [0.3, 0.4) is 0 Å². The Labute approximate surface area is 160 Å². The third-order valence-corrected chi connectivity index (χ3v) is 6.07. The van der Waals surface area contributed by atoms with Crippen molar-refractivity contribution in [1.29, 1.82) is 0 Å². The zero-order chi connectivity index (χ0) is 18.6. The highest BCUT2D eigenvalue weighted by atomic mass is 16.2. The first kappa shape index (κ1) is 18.0. The summed E-state index contributed by atoms with van der Waals surface area (Å²) in [6.45, 7) is 3.61. The molecule has 6 heteroatoms. The molecule has 1 aliphatic heterocycles. The smallest absolute Gasteiger partial charge is 0.321 e. The van der Waals surface area contributed by atoms with E-state index in [1.54, 1.807) is 0 Å². The molecule has 0 unspecified atom stereocenters. The number of rotatable bonds is 4. The lowest BCUT2D eigenvalue weighted by Crippen LogP contribution is -2.41. The third-order valence-electron chi connectivity index (χ3n) is 6.07. The monoisotopic (exact) mass is 367 g/mol. The molecule has 2 aliphatic rings. The summed E-state index contributed by atoms with van der Waals surface area (Å²) in [5.41, 5.74) is 3.25. The maximum Gasteiger partial charge on any atom is 0.321 e. The Hall–Kier alpha value is -2.37. The number of anilines is 1. The van der Waals surface area contributed by atoms with Gasteiger partial charge >= 0.3 is 6.03 Å². The maximum atomic E-state index is 12.6. The van der Waals surface area contributed by atoms with Crippen LogP contribution in [-0.4, -0.2) is 39.0 Å². The number of amides is 2. The molecule has 2 aromatic rings. The van der Waals surface area contributed by atoms with Crippen LogP contribution in [0.5, 0.6) is 0 Å². The van der Waals surface area contributed by atoms with Gasteiger partial charge in [-0.25, -0.2) is 9.48 Å². The number of hydrogen-bond acceptors (Lipinski definition) is 3. The van der Waals surface area contributed by atoms with Gasteiger partial charge in [0, 0.05) is 30.9 Å². The van der Waals surface area contributed by atoms with Gasteiger partial charge in [0.2, 0.25) is 0 Å². The lowest BCUT2D eigenvalue weighted by atomic mass is 10.0. The van der Waals surface area contributed by atoms with Crippen LogP contribution in [-0.2, 0) is 6.42 Å². The van der Waals surface area contributed by atoms with Gasteiger partial charge in [0.15, 0.2) is 0 Å². The first-order valence-electron chi connectivity index (χ1n) is 10.3. The summed E-state index contributed by atoms with van der Waals surface area (Å²) < 4.78 is 2.04. The second-order valence-corrected chi connectivity index (χ2v) is 7.76. The first-order chi connectivity index (χ1) is 13.2. The number of para-hydroxylation sites is 1. The fraction of sp³-hybridized carbons (Fsp3) is 0.571. The molecule has 1 N–H and O–H groups in total. The lowest BCUT2D eigenvalue weighted by molar-refractivity contribution is 0.179. The van der Waals surface area contributed by atoms with Gasteiger partial charge in [0.05, 0.1) is 11.7 Å². The molecule has 0 spiro atoms. The summed E-state index contributed by atoms with van der Waals surface area (Å²) in [7, 11) is 0. The van der Waals surface area contributed by atoms with Crippen LogP contribution in [0.25, 0.3) is 0 Å². The topological polar surface area (TPSA) is 63.1 Å². The van der Waals surface area contributed by atoms with E-state index in [1.165, 1.54) is 31.2 Å². The van der Waals surface area contributed by atoms with Crippen molar-refractivity contribution in [3.63, 3.8) is 0 Å². The molecule has 2 amide bonds. The van der Waals surface area contributed by atoms with E-state index in [0.29, 0.717) is 12.0 Å². The second-order valence-electron chi connectivity index (χ2n) is 7.76. The lowest BCUT2D eigenvalue weighted by Gasteiger charge is -2.32. The summed E-state index contributed by atoms with van der Waals surface area (Å²) in [4.78, 5) is 14.6. The van der Waals surface area contributed by atoms with Crippen molar-refractivity contribution in [2.75, 3.05) is 18.4 Å². The first-order valence-corrected chi connectivity index (χ1v) is 10.3. The Kier molecular flexibility index (Phi) is 5.41. The molecule has 4 rings (SSSR count). The molecule has 0 bridgehead atoms. The number of urea groups is 1. The molecule has 6 nitrogen and oxygen atoms in total. The van der Waals surface area contributed by atoms with Crippen LogP contribution in [0.1, 0.15) is 68.7 Å². The molecule has 0 radical (unpaired) electrons. The van der Waals surface area contributed by atoms with Crippen molar-refractivity contribution in [3.05, 3.63) is 41.7 Å². The van der Waals surface area contributed by atoms with Crippen molar-refractivity contribution < 1.29 is 4.79 Å². The molecule has 2 heterocycles. The minimum Gasteiger partial charge on any atom is -0.324 e. The third kappa shape index (κ3) is 3.99. The van der Waals surface area contributed by atoms with Crippen molar-refractivity contribution in [1.82, 2.24) is 19.9 Å².